The maximum atomic E-state index is 12.3. The van der Waals surface area contributed by atoms with Gasteiger partial charge in [0.15, 0.2) is 6.61 Å². The van der Waals surface area contributed by atoms with Gasteiger partial charge in [-0.15, -0.1) is 0 Å². The number of hydrogen-bond acceptors (Lipinski definition) is 3. The molecular weight excluding hydrogens is 338 g/mol. The summed E-state index contributed by atoms with van der Waals surface area (Å²) in [6.07, 6.45) is 2.98. The van der Waals surface area contributed by atoms with Crippen molar-refractivity contribution in [3.63, 3.8) is 0 Å². The van der Waals surface area contributed by atoms with Crippen LogP contribution < -0.4 is 5.32 Å². The SMILES string of the molecule is CC(C)c1cccc(C(C)C)c1NC(=O)COC(=O)C=Cc1ccccc1. The second-order valence-corrected chi connectivity index (χ2v) is 7.02. The lowest BCUT2D eigenvalue weighted by Gasteiger charge is -2.20. The van der Waals surface area contributed by atoms with Gasteiger partial charge in [0.1, 0.15) is 0 Å². The largest absolute Gasteiger partial charge is 0.452 e. The number of nitrogens with one attached hydrogen (secondary N) is 1. The lowest BCUT2D eigenvalue weighted by molar-refractivity contribution is -0.142. The van der Waals surface area contributed by atoms with Gasteiger partial charge in [0, 0.05) is 11.8 Å². The van der Waals surface area contributed by atoms with E-state index in [9.17, 15) is 9.59 Å². The quantitative estimate of drug-likeness (QED) is 0.547. The molecule has 0 atom stereocenters. The highest BCUT2D eigenvalue weighted by Gasteiger charge is 2.16. The van der Waals surface area contributed by atoms with Crippen LogP contribution in [0, 0.1) is 0 Å². The van der Waals surface area contributed by atoms with E-state index in [0.29, 0.717) is 0 Å². The number of esters is 1. The van der Waals surface area contributed by atoms with Gasteiger partial charge < -0.3 is 10.1 Å². The van der Waals surface area contributed by atoms with Gasteiger partial charge in [-0.25, -0.2) is 4.79 Å². The Morgan fingerprint density at radius 3 is 2.07 bits per heavy atom. The normalized spacial score (nSPS) is 11.2. The molecule has 0 aliphatic rings. The van der Waals surface area contributed by atoms with Gasteiger partial charge in [0.05, 0.1) is 0 Å². The Kier molecular flexibility index (Phi) is 7.35. The average Bonchev–Trinajstić information content (AvgIpc) is 2.65. The highest BCUT2D eigenvalue weighted by atomic mass is 16.5. The Morgan fingerprint density at radius 1 is 0.926 bits per heavy atom. The second kappa shape index (κ2) is 9.72. The molecule has 0 saturated heterocycles. The zero-order valence-electron chi connectivity index (χ0n) is 16.4. The number of ether oxygens (including phenoxy) is 1. The van der Waals surface area contributed by atoms with Crippen molar-refractivity contribution >= 4 is 23.6 Å². The van der Waals surface area contributed by atoms with Crippen molar-refractivity contribution in [2.24, 2.45) is 0 Å². The van der Waals surface area contributed by atoms with Crippen LogP contribution in [0.25, 0.3) is 6.08 Å². The standard InChI is InChI=1S/C23H27NO3/c1-16(2)19-11-8-12-20(17(3)4)23(19)24-21(25)15-27-22(26)14-13-18-9-6-5-7-10-18/h5-14,16-17H,15H2,1-4H3,(H,24,25). The Hall–Kier alpha value is -2.88. The molecule has 0 saturated carbocycles. The van der Waals surface area contributed by atoms with E-state index in [4.69, 9.17) is 4.74 Å². The number of benzene rings is 2. The van der Waals surface area contributed by atoms with Crippen molar-refractivity contribution in [1.29, 1.82) is 0 Å². The van der Waals surface area contributed by atoms with Gasteiger partial charge in [0.2, 0.25) is 0 Å². The number of carbonyl (C=O) groups excluding carboxylic acids is 2. The average molecular weight is 365 g/mol. The molecule has 0 fully saturated rings. The molecule has 0 heterocycles. The van der Waals surface area contributed by atoms with Crippen molar-refractivity contribution in [1.82, 2.24) is 0 Å². The predicted molar refractivity (Wildman–Crippen MR) is 110 cm³/mol. The number of carbonyl (C=O) groups is 2. The number of para-hydroxylation sites is 1. The fourth-order valence-electron chi connectivity index (χ4n) is 2.78. The molecule has 1 N–H and O–H groups in total. The van der Waals surface area contributed by atoms with E-state index in [2.05, 4.69) is 33.0 Å². The predicted octanol–water partition coefficient (Wildman–Crippen LogP) is 5.13. The molecule has 1 amide bonds. The van der Waals surface area contributed by atoms with Crippen molar-refractivity contribution in [3.05, 3.63) is 71.3 Å². The summed E-state index contributed by atoms with van der Waals surface area (Å²) in [5.74, 6) is -0.340. The van der Waals surface area contributed by atoms with E-state index in [-0.39, 0.29) is 24.3 Å². The van der Waals surface area contributed by atoms with Gasteiger partial charge >= 0.3 is 5.97 Å². The summed E-state index contributed by atoms with van der Waals surface area (Å²) in [6.45, 7) is 8.03. The number of amides is 1. The van der Waals surface area contributed by atoms with E-state index in [1.807, 2.05) is 48.5 Å². The van der Waals surface area contributed by atoms with Gasteiger partial charge in [-0.2, -0.15) is 0 Å². The minimum absolute atomic E-state index is 0.273. The minimum atomic E-state index is -0.546. The van der Waals surface area contributed by atoms with E-state index >= 15 is 0 Å². The zero-order valence-corrected chi connectivity index (χ0v) is 16.4. The van der Waals surface area contributed by atoms with Crippen LogP contribution in [0.4, 0.5) is 5.69 Å². The van der Waals surface area contributed by atoms with E-state index in [0.717, 1.165) is 22.4 Å². The summed E-state index contributed by atoms with van der Waals surface area (Å²) in [5, 5.41) is 2.93. The second-order valence-electron chi connectivity index (χ2n) is 7.02. The van der Waals surface area contributed by atoms with Crippen LogP contribution in [0.5, 0.6) is 0 Å². The van der Waals surface area contributed by atoms with Crippen molar-refractivity contribution in [2.75, 3.05) is 11.9 Å². The third-order valence-electron chi connectivity index (χ3n) is 4.19. The Balaban J connectivity index is 1.99. The summed E-state index contributed by atoms with van der Waals surface area (Å²) < 4.78 is 5.06. The molecule has 2 aromatic carbocycles. The summed E-state index contributed by atoms with van der Waals surface area (Å²) >= 11 is 0. The first-order valence-corrected chi connectivity index (χ1v) is 9.21. The van der Waals surface area contributed by atoms with Crippen LogP contribution in [-0.4, -0.2) is 18.5 Å². The maximum absolute atomic E-state index is 12.3. The lowest BCUT2D eigenvalue weighted by Crippen LogP contribution is -2.22. The van der Waals surface area contributed by atoms with Gasteiger partial charge in [-0.3, -0.25) is 4.79 Å². The summed E-state index contributed by atoms with van der Waals surface area (Å²) in [7, 11) is 0. The topological polar surface area (TPSA) is 55.4 Å². The minimum Gasteiger partial charge on any atom is -0.452 e. The van der Waals surface area contributed by atoms with Crippen molar-refractivity contribution in [2.45, 2.75) is 39.5 Å². The fraction of sp³-hybridized carbons (Fsp3) is 0.304. The Morgan fingerprint density at radius 2 is 1.52 bits per heavy atom. The van der Waals surface area contributed by atoms with E-state index < -0.39 is 5.97 Å². The van der Waals surface area contributed by atoms with Crippen molar-refractivity contribution in [3.8, 4) is 0 Å². The van der Waals surface area contributed by atoms with Crippen LogP contribution in [0.15, 0.2) is 54.6 Å². The van der Waals surface area contributed by atoms with Crippen LogP contribution in [0.3, 0.4) is 0 Å². The molecule has 0 spiro atoms. The van der Waals surface area contributed by atoms with Gasteiger partial charge in [-0.05, 0) is 34.6 Å². The smallest absolute Gasteiger partial charge is 0.331 e. The Bertz CT molecular complexity index is 781. The highest BCUT2D eigenvalue weighted by Crippen LogP contribution is 2.32. The third kappa shape index (κ3) is 6.10. The van der Waals surface area contributed by atoms with E-state index in [1.54, 1.807) is 6.08 Å². The van der Waals surface area contributed by atoms with Crippen LogP contribution >= 0.6 is 0 Å². The molecule has 0 bridgehead atoms. The van der Waals surface area contributed by atoms with Crippen LogP contribution in [0.1, 0.15) is 56.2 Å². The zero-order chi connectivity index (χ0) is 19.8. The number of hydrogen-bond donors (Lipinski definition) is 1. The molecule has 4 heteroatoms. The first kappa shape index (κ1) is 20.4. The molecule has 0 aliphatic heterocycles. The van der Waals surface area contributed by atoms with Crippen molar-refractivity contribution < 1.29 is 14.3 Å². The number of anilines is 1. The monoisotopic (exact) mass is 365 g/mol. The van der Waals surface area contributed by atoms with Crippen LogP contribution in [0.2, 0.25) is 0 Å². The molecule has 142 valence electrons. The van der Waals surface area contributed by atoms with Gasteiger partial charge in [0.25, 0.3) is 5.91 Å². The Labute approximate surface area is 161 Å². The number of rotatable bonds is 7. The van der Waals surface area contributed by atoms with E-state index in [1.165, 1.54) is 6.08 Å². The molecule has 0 radical (unpaired) electrons. The fourth-order valence-corrected chi connectivity index (χ4v) is 2.78. The molecule has 4 nitrogen and oxygen atoms in total. The molecule has 27 heavy (non-hydrogen) atoms. The molecule has 0 unspecified atom stereocenters. The van der Waals surface area contributed by atoms with Gasteiger partial charge in [-0.1, -0.05) is 76.2 Å². The molecule has 2 aromatic rings. The van der Waals surface area contributed by atoms with Crippen LogP contribution in [-0.2, 0) is 14.3 Å². The molecule has 0 aromatic heterocycles. The molecular formula is C23H27NO3. The molecule has 0 aliphatic carbocycles. The highest BCUT2D eigenvalue weighted by molar-refractivity contribution is 5.96. The third-order valence-corrected chi connectivity index (χ3v) is 4.19. The lowest BCUT2D eigenvalue weighted by atomic mass is 9.92. The summed E-state index contributed by atoms with van der Waals surface area (Å²) in [6, 6.07) is 15.5. The maximum Gasteiger partial charge on any atom is 0.331 e. The summed E-state index contributed by atoms with van der Waals surface area (Å²) in [4.78, 5) is 24.2. The molecule has 2 rings (SSSR count). The first-order valence-electron chi connectivity index (χ1n) is 9.21. The summed E-state index contributed by atoms with van der Waals surface area (Å²) in [5.41, 5.74) is 3.87. The first-order chi connectivity index (χ1) is 12.9.